The van der Waals surface area contributed by atoms with Crippen LogP contribution < -0.4 is 5.73 Å². The molecule has 3 aromatic rings. The lowest BCUT2D eigenvalue weighted by atomic mass is 10.0. The number of aliphatic hydroxyl groups is 1. The van der Waals surface area contributed by atoms with Gasteiger partial charge in [-0.3, -0.25) is 4.79 Å². The van der Waals surface area contributed by atoms with Gasteiger partial charge in [0.05, 0.1) is 0 Å². The second kappa shape index (κ2) is 30.3. The van der Waals surface area contributed by atoms with E-state index in [1.54, 1.807) is 6.08 Å². The number of carbonyl (C=O) groups is 1. The first-order chi connectivity index (χ1) is 20.5. The molecule has 0 saturated heterocycles. The van der Waals surface area contributed by atoms with Gasteiger partial charge in [0.2, 0.25) is 0 Å². The Morgan fingerprint density at radius 3 is 1.98 bits per heavy atom. The predicted octanol–water partition coefficient (Wildman–Crippen LogP) is 10.6. The maximum absolute atomic E-state index is 13.5. The fourth-order valence-corrected chi connectivity index (χ4v) is 3.82. The van der Waals surface area contributed by atoms with Gasteiger partial charge in [-0.25, -0.2) is 0 Å². The van der Waals surface area contributed by atoms with Crippen molar-refractivity contribution in [2.75, 3.05) is 13.1 Å². The Morgan fingerprint density at radius 1 is 0.905 bits per heavy atom. The summed E-state index contributed by atoms with van der Waals surface area (Å²) in [6.07, 6.45) is 6.98. The summed E-state index contributed by atoms with van der Waals surface area (Å²) in [5, 5.41) is 11.4. The molecule has 234 valence electrons. The lowest BCUT2D eigenvalue weighted by molar-refractivity contribution is 0.0682. The molecule has 3 aromatic carbocycles. The van der Waals surface area contributed by atoms with Crippen LogP contribution in [0.3, 0.4) is 0 Å². The van der Waals surface area contributed by atoms with Crippen LogP contribution in [0.1, 0.15) is 90.6 Å². The molecule has 0 aliphatic rings. The van der Waals surface area contributed by atoms with E-state index in [0.29, 0.717) is 6.54 Å². The fourth-order valence-electron chi connectivity index (χ4n) is 3.82. The molecular formula is C38H60N2O2. The molecule has 0 aromatic heterocycles. The minimum atomic E-state index is 0.0552. The summed E-state index contributed by atoms with van der Waals surface area (Å²) in [6, 6.07) is 24.5. The Hall–Kier alpha value is -3.63. The molecule has 0 heterocycles. The molecule has 1 atom stereocenters. The number of nitrogens with two attached hydrogens (primary N) is 1. The highest BCUT2D eigenvalue weighted by molar-refractivity contribution is 5.98. The van der Waals surface area contributed by atoms with Crippen molar-refractivity contribution >= 4 is 16.7 Å². The molecule has 4 nitrogen and oxygen atoms in total. The van der Waals surface area contributed by atoms with E-state index in [4.69, 9.17) is 5.73 Å². The van der Waals surface area contributed by atoms with Gasteiger partial charge in [-0.05, 0) is 73.7 Å². The summed E-state index contributed by atoms with van der Waals surface area (Å²) in [5.74, 6) is 0.126. The minimum absolute atomic E-state index is 0.0552. The summed E-state index contributed by atoms with van der Waals surface area (Å²) >= 11 is 0. The van der Waals surface area contributed by atoms with Gasteiger partial charge >= 0.3 is 0 Å². The van der Waals surface area contributed by atoms with Gasteiger partial charge in [0, 0.05) is 18.2 Å². The number of carbonyl (C=O) groups excluding carboxylic acids is 1. The van der Waals surface area contributed by atoms with Crippen molar-refractivity contribution in [2.45, 2.75) is 87.1 Å². The largest absolute Gasteiger partial charge is 0.509 e. The van der Waals surface area contributed by atoms with Crippen LogP contribution in [0.4, 0.5) is 0 Å². The van der Waals surface area contributed by atoms with Gasteiger partial charge in [-0.15, -0.1) is 13.2 Å². The standard InChI is InChI=1S/C28H31NO2.C2H7N.3C2H6.C2H4/c1-22(11-6-7-12-23(2)30)29(20-10-15-24-13-4-3-5-14-24)28(31)27-19-18-25-16-8-9-17-26(25)21-27;1-2-3;4*1-2/h3-5,7-9,12-14,16-19,21-22,30H,2,6,10-11,15,20H2,1H3;2-3H2,1H3;3*1-2H3;1-2H2/b12-7-;;;;;. The number of allylic oxidation sites excluding steroid dienone is 2. The number of hydrogen-bond donors (Lipinski definition) is 2. The number of rotatable bonds is 10. The smallest absolute Gasteiger partial charge is 0.254 e. The third kappa shape index (κ3) is 18.7. The number of benzene rings is 3. The van der Waals surface area contributed by atoms with Crippen LogP contribution >= 0.6 is 0 Å². The second-order valence-corrected chi connectivity index (χ2v) is 8.38. The van der Waals surface area contributed by atoms with Gasteiger partial charge in [0.1, 0.15) is 5.76 Å². The Kier molecular flexibility index (Phi) is 30.9. The number of aryl methyl sites for hydroxylation is 1. The number of nitrogens with zero attached hydrogens (tertiary/aromatic N) is 1. The van der Waals surface area contributed by atoms with Crippen molar-refractivity contribution in [3.8, 4) is 0 Å². The Bertz CT molecular complexity index is 1080. The first-order valence-electron chi connectivity index (χ1n) is 15.5. The van der Waals surface area contributed by atoms with Crippen LogP contribution in [0, 0.1) is 0 Å². The van der Waals surface area contributed by atoms with E-state index in [1.165, 1.54) is 5.56 Å². The molecule has 3 N–H and O–H groups in total. The predicted molar refractivity (Wildman–Crippen MR) is 189 cm³/mol. The van der Waals surface area contributed by atoms with Crippen molar-refractivity contribution < 1.29 is 9.90 Å². The minimum Gasteiger partial charge on any atom is -0.509 e. The SMILES string of the molecule is C=C.C=C(O)/C=C\CCC(C)N(CCCc1ccccc1)C(=O)c1ccc2ccccc2c1.CC.CC.CC.CCN. The van der Waals surface area contributed by atoms with E-state index < -0.39 is 0 Å². The zero-order valence-corrected chi connectivity index (χ0v) is 27.9. The highest BCUT2D eigenvalue weighted by Crippen LogP contribution is 2.20. The molecule has 0 fully saturated rings. The highest BCUT2D eigenvalue weighted by atomic mass is 16.3. The summed E-state index contributed by atoms with van der Waals surface area (Å²) in [6.45, 7) is 26.9. The molecule has 0 aliphatic heterocycles. The molecule has 1 amide bonds. The van der Waals surface area contributed by atoms with E-state index in [9.17, 15) is 9.90 Å². The molecule has 4 heteroatoms. The molecule has 0 bridgehead atoms. The quantitative estimate of drug-likeness (QED) is 0.143. The normalized spacial score (nSPS) is 9.93. The molecule has 42 heavy (non-hydrogen) atoms. The Balaban J connectivity index is -0.00000123. The van der Waals surface area contributed by atoms with Crippen LogP contribution in [-0.4, -0.2) is 35.0 Å². The van der Waals surface area contributed by atoms with Crippen LogP contribution in [0.25, 0.3) is 10.8 Å². The molecule has 0 aliphatic carbocycles. The summed E-state index contributed by atoms with van der Waals surface area (Å²) in [7, 11) is 0. The van der Waals surface area contributed by atoms with Gasteiger partial charge in [-0.1, -0.05) is 122 Å². The number of amides is 1. The maximum atomic E-state index is 13.5. The van der Waals surface area contributed by atoms with E-state index in [2.05, 4.69) is 57.0 Å². The molecular weight excluding hydrogens is 516 g/mol. The Morgan fingerprint density at radius 2 is 1.43 bits per heavy atom. The lowest BCUT2D eigenvalue weighted by Gasteiger charge is -2.29. The van der Waals surface area contributed by atoms with Crippen molar-refractivity contribution in [2.24, 2.45) is 5.73 Å². The van der Waals surface area contributed by atoms with E-state index in [-0.39, 0.29) is 17.7 Å². The highest BCUT2D eigenvalue weighted by Gasteiger charge is 2.21. The Labute approximate surface area is 258 Å². The average Bonchev–Trinajstić information content (AvgIpc) is 3.05. The van der Waals surface area contributed by atoms with E-state index in [0.717, 1.165) is 48.6 Å². The molecule has 0 saturated carbocycles. The molecule has 0 spiro atoms. The van der Waals surface area contributed by atoms with Crippen LogP contribution in [0.15, 0.2) is 110 Å². The number of hydrogen-bond acceptors (Lipinski definition) is 3. The molecule has 3 rings (SSSR count). The summed E-state index contributed by atoms with van der Waals surface area (Å²) in [4.78, 5) is 15.5. The zero-order chi connectivity index (χ0) is 32.8. The third-order valence-corrected chi connectivity index (χ3v) is 5.56. The zero-order valence-electron chi connectivity index (χ0n) is 27.9. The van der Waals surface area contributed by atoms with Gasteiger partial charge < -0.3 is 15.7 Å². The first-order valence-corrected chi connectivity index (χ1v) is 15.5. The molecule has 0 radical (unpaired) electrons. The topological polar surface area (TPSA) is 66.6 Å². The summed E-state index contributed by atoms with van der Waals surface area (Å²) < 4.78 is 0. The number of fused-ring (bicyclic) bond motifs is 1. The van der Waals surface area contributed by atoms with Gasteiger partial charge in [-0.2, -0.15) is 0 Å². The lowest BCUT2D eigenvalue weighted by Crippen LogP contribution is -2.39. The van der Waals surface area contributed by atoms with E-state index >= 15 is 0 Å². The van der Waals surface area contributed by atoms with Crippen LogP contribution in [0.2, 0.25) is 0 Å². The fraction of sp³-hybridized carbons (Fsp3) is 0.395. The second-order valence-electron chi connectivity index (χ2n) is 8.38. The van der Waals surface area contributed by atoms with Crippen molar-refractivity contribution in [1.82, 2.24) is 4.90 Å². The van der Waals surface area contributed by atoms with E-state index in [1.807, 2.05) is 102 Å². The average molecular weight is 577 g/mol. The third-order valence-electron chi connectivity index (χ3n) is 5.56. The summed E-state index contributed by atoms with van der Waals surface area (Å²) in [5.41, 5.74) is 6.86. The van der Waals surface area contributed by atoms with Crippen molar-refractivity contribution in [3.05, 3.63) is 122 Å². The van der Waals surface area contributed by atoms with Crippen molar-refractivity contribution in [1.29, 1.82) is 0 Å². The van der Waals surface area contributed by atoms with Crippen LogP contribution in [0.5, 0.6) is 0 Å². The maximum Gasteiger partial charge on any atom is 0.254 e. The molecule has 1 unspecified atom stereocenters. The van der Waals surface area contributed by atoms with Gasteiger partial charge in [0.15, 0.2) is 0 Å². The van der Waals surface area contributed by atoms with Gasteiger partial charge in [0.25, 0.3) is 5.91 Å². The van der Waals surface area contributed by atoms with Crippen LogP contribution in [-0.2, 0) is 6.42 Å². The first kappa shape index (κ1) is 42.8. The number of aliphatic hydroxyl groups excluding tert-OH is 1. The van der Waals surface area contributed by atoms with Crippen molar-refractivity contribution in [3.63, 3.8) is 0 Å². The monoisotopic (exact) mass is 576 g/mol.